The van der Waals surface area contributed by atoms with E-state index in [2.05, 4.69) is 0 Å². The Morgan fingerprint density at radius 2 is 1.72 bits per heavy atom. The van der Waals surface area contributed by atoms with E-state index in [1.54, 1.807) is 14.2 Å². The van der Waals surface area contributed by atoms with Crippen LogP contribution in [0.3, 0.4) is 0 Å². The van der Waals surface area contributed by atoms with Crippen molar-refractivity contribution in [2.45, 2.75) is 39.9 Å². The highest BCUT2D eigenvalue weighted by Gasteiger charge is 2.27. The molecule has 3 nitrogen and oxygen atoms in total. The zero-order valence-electron chi connectivity index (χ0n) is 12.2. The van der Waals surface area contributed by atoms with Crippen LogP contribution in [0.1, 0.15) is 36.6 Å². The number of benzene rings is 1. The van der Waals surface area contributed by atoms with E-state index in [0.29, 0.717) is 0 Å². The third kappa shape index (κ3) is 3.03. The second-order valence-electron chi connectivity index (χ2n) is 5.09. The minimum absolute atomic E-state index is 0.232. The average Bonchev–Trinajstić information content (AvgIpc) is 2.27. The molecular formula is C15H24O3. The van der Waals surface area contributed by atoms with Crippen LogP contribution >= 0.6 is 0 Å². The van der Waals surface area contributed by atoms with Crippen molar-refractivity contribution in [2.24, 2.45) is 5.92 Å². The van der Waals surface area contributed by atoms with Gasteiger partial charge in [0.25, 0.3) is 0 Å². The van der Waals surface area contributed by atoms with E-state index in [4.69, 9.17) is 9.47 Å². The Balaban J connectivity index is 3.22. The van der Waals surface area contributed by atoms with Crippen LogP contribution in [-0.2, 0) is 4.74 Å². The number of rotatable bonds is 5. The van der Waals surface area contributed by atoms with Crippen LogP contribution in [-0.4, -0.2) is 25.4 Å². The maximum Gasteiger partial charge on any atom is 0.125 e. The molecule has 0 aliphatic carbocycles. The minimum Gasteiger partial charge on any atom is -0.496 e. The summed E-state index contributed by atoms with van der Waals surface area (Å²) in [5.74, 6) is 0.957. The first-order valence-corrected chi connectivity index (χ1v) is 6.28. The molecule has 102 valence electrons. The highest BCUT2D eigenvalue weighted by atomic mass is 16.5. The van der Waals surface area contributed by atoms with Crippen molar-refractivity contribution in [3.63, 3.8) is 0 Å². The van der Waals surface area contributed by atoms with E-state index in [-0.39, 0.29) is 12.0 Å². The summed E-state index contributed by atoms with van der Waals surface area (Å²) in [5, 5.41) is 10.5. The Hall–Kier alpha value is -1.06. The highest BCUT2D eigenvalue weighted by molar-refractivity contribution is 5.44. The van der Waals surface area contributed by atoms with E-state index in [1.807, 2.05) is 39.8 Å². The van der Waals surface area contributed by atoms with Crippen LogP contribution in [0.25, 0.3) is 0 Å². The highest BCUT2D eigenvalue weighted by Crippen LogP contribution is 2.34. The second-order valence-corrected chi connectivity index (χ2v) is 5.09. The number of aryl methyl sites for hydroxylation is 2. The average molecular weight is 252 g/mol. The van der Waals surface area contributed by atoms with Crippen molar-refractivity contribution in [1.29, 1.82) is 0 Å². The summed E-state index contributed by atoms with van der Waals surface area (Å²) in [5.41, 5.74) is 2.98. The molecule has 0 saturated heterocycles. The molecule has 0 radical (unpaired) electrons. The van der Waals surface area contributed by atoms with E-state index < -0.39 is 6.10 Å². The molecule has 2 atom stereocenters. The molecule has 0 aliphatic heterocycles. The van der Waals surface area contributed by atoms with Gasteiger partial charge in [0.2, 0.25) is 0 Å². The van der Waals surface area contributed by atoms with Crippen molar-refractivity contribution >= 4 is 0 Å². The lowest BCUT2D eigenvalue weighted by Gasteiger charge is -2.27. The monoisotopic (exact) mass is 252 g/mol. The van der Waals surface area contributed by atoms with Gasteiger partial charge in [0.05, 0.1) is 13.2 Å². The molecule has 0 heterocycles. The second kappa shape index (κ2) is 6.21. The van der Waals surface area contributed by atoms with Crippen molar-refractivity contribution in [3.05, 3.63) is 28.8 Å². The Morgan fingerprint density at radius 1 is 1.11 bits per heavy atom. The fourth-order valence-electron chi connectivity index (χ4n) is 2.42. The van der Waals surface area contributed by atoms with Crippen molar-refractivity contribution in [1.82, 2.24) is 0 Å². The van der Waals surface area contributed by atoms with Crippen molar-refractivity contribution < 1.29 is 14.6 Å². The topological polar surface area (TPSA) is 38.7 Å². The van der Waals surface area contributed by atoms with Gasteiger partial charge in [0, 0.05) is 12.7 Å². The molecule has 1 rings (SSSR count). The predicted molar refractivity (Wildman–Crippen MR) is 73.1 cm³/mol. The van der Waals surface area contributed by atoms with Crippen molar-refractivity contribution in [2.75, 3.05) is 14.2 Å². The standard InChI is InChI=1S/C15H24O3/c1-9(2)15(18-6)14(16)13-11(4)7-10(3)8-12(13)17-5/h7-9,14-16H,1-6H3. The lowest BCUT2D eigenvalue weighted by atomic mass is 9.91. The fourth-order valence-corrected chi connectivity index (χ4v) is 2.42. The number of methoxy groups -OCH3 is 2. The number of ether oxygens (including phenoxy) is 2. The molecule has 0 aromatic heterocycles. The summed E-state index contributed by atoms with van der Waals surface area (Å²) in [6, 6.07) is 3.99. The lowest BCUT2D eigenvalue weighted by molar-refractivity contribution is -0.0401. The molecule has 1 N–H and O–H groups in total. The van der Waals surface area contributed by atoms with Gasteiger partial charge in [-0.1, -0.05) is 19.9 Å². The van der Waals surface area contributed by atoms with Gasteiger partial charge in [0.15, 0.2) is 0 Å². The molecule has 1 aromatic carbocycles. The molecule has 0 saturated carbocycles. The molecule has 0 spiro atoms. The van der Waals surface area contributed by atoms with Crippen LogP contribution in [0.2, 0.25) is 0 Å². The molecule has 2 unspecified atom stereocenters. The maximum absolute atomic E-state index is 10.5. The van der Waals surface area contributed by atoms with Gasteiger partial charge < -0.3 is 14.6 Å². The summed E-state index contributed by atoms with van der Waals surface area (Å²) in [7, 11) is 3.26. The van der Waals surface area contributed by atoms with E-state index in [1.165, 1.54) is 0 Å². The maximum atomic E-state index is 10.5. The number of hydrogen-bond donors (Lipinski definition) is 1. The SMILES string of the molecule is COc1cc(C)cc(C)c1C(O)C(OC)C(C)C. The molecule has 18 heavy (non-hydrogen) atoms. The Kier molecular flexibility index (Phi) is 5.17. The smallest absolute Gasteiger partial charge is 0.125 e. The van der Waals surface area contributed by atoms with E-state index in [0.717, 1.165) is 22.4 Å². The molecule has 0 aliphatic rings. The van der Waals surface area contributed by atoms with Crippen LogP contribution in [0.5, 0.6) is 5.75 Å². The predicted octanol–water partition coefficient (Wildman–Crippen LogP) is 3.02. The minimum atomic E-state index is -0.675. The summed E-state index contributed by atoms with van der Waals surface area (Å²) < 4.78 is 10.8. The quantitative estimate of drug-likeness (QED) is 0.875. The van der Waals surface area contributed by atoms with Gasteiger partial charge in [-0.3, -0.25) is 0 Å². The van der Waals surface area contributed by atoms with Gasteiger partial charge in [-0.15, -0.1) is 0 Å². The first-order chi connectivity index (χ1) is 8.42. The van der Waals surface area contributed by atoms with Gasteiger partial charge >= 0.3 is 0 Å². The third-order valence-electron chi connectivity index (χ3n) is 3.25. The summed E-state index contributed by atoms with van der Waals surface area (Å²) in [6.07, 6.45) is -0.911. The van der Waals surface area contributed by atoms with Gasteiger partial charge in [-0.2, -0.15) is 0 Å². The van der Waals surface area contributed by atoms with E-state index >= 15 is 0 Å². The van der Waals surface area contributed by atoms with E-state index in [9.17, 15) is 5.11 Å². The summed E-state index contributed by atoms with van der Waals surface area (Å²) >= 11 is 0. The largest absolute Gasteiger partial charge is 0.496 e. The normalized spacial score (nSPS) is 14.7. The molecule has 0 bridgehead atoms. The van der Waals surface area contributed by atoms with Crippen molar-refractivity contribution in [3.8, 4) is 5.75 Å². The Morgan fingerprint density at radius 3 is 2.17 bits per heavy atom. The summed E-state index contributed by atoms with van der Waals surface area (Å²) in [4.78, 5) is 0. The Bertz CT molecular complexity index is 399. The molecular weight excluding hydrogens is 228 g/mol. The first-order valence-electron chi connectivity index (χ1n) is 6.28. The lowest BCUT2D eigenvalue weighted by Crippen LogP contribution is -2.27. The molecule has 3 heteroatoms. The van der Waals surface area contributed by atoms with Crippen LogP contribution in [0.15, 0.2) is 12.1 Å². The number of hydrogen-bond acceptors (Lipinski definition) is 3. The molecule has 0 amide bonds. The molecule has 1 aromatic rings. The third-order valence-corrected chi connectivity index (χ3v) is 3.25. The number of aliphatic hydroxyl groups excluding tert-OH is 1. The molecule has 0 fully saturated rings. The Labute approximate surface area is 110 Å². The zero-order valence-corrected chi connectivity index (χ0v) is 12.2. The van der Waals surface area contributed by atoms with Gasteiger partial charge in [-0.25, -0.2) is 0 Å². The van der Waals surface area contributed by atoms with Gasteiger partial charge in [0.1, 0.15) is 11.9 Å². The zero-order chi connectivity index (χ0) is 13.9. The van der Waals surface area contributed by atoms with Crippen LogP contribution in [0.4, 0.5) is 0 Å². The fraction of sp³-hybridized carbons (Fsp3) is 0.600. The summed E-state index contributed by atoms with van der Waals surface area (Å²) in [6.45, 7) is 8.07. The van der Waals surface area contributed by atoms with Crippen LogP contribution < -0.4 is 4.74 Å². The number of aliphatic hydroxyl groups is 1. The first kappa shape index (κ1) is 15.0. The van der Waals surface area contributed by atoms with Crippen LogP contribution in [0, 0.1) is 19.8 Å². The van der Waals surface area contributed by atoms with Gasteiger partial charge in [-0.05, 0) is 37.0 Å².